The summed E-state index contributed by atoms with van der Waals surface area (Å²) in [5.41, 5.74) is 2.07. The SMILES string of the molecule is COc1c(NC(=O)c2ccc(Cl)c(Oc3cc(CN4CCCN(C)CC4)ncn3)c2)cc(C(C)(C)C)cc1NS(C)(=O)=O. The van der Waals surface area contributed by atoms with Gasteiger partial charge in [0, 0.05) is 31.3 Å². The van der Waals surface area contributed by atoms with E-state index >= 15 is 0 Å². The van der Waals surface area contributed by atoms with Crippen LogP contribution < -0.4 is 19.5 Å². The van der Waals surface area contributed by atoms with Crippen LogP contribution in [0, 0.1) is 0 Å². The number of rotatable bonds is 9. The van der Waals surface area contributed by atoms with Gasteiger partial charge in [0.2, 0.25) is 15.9 Å². The van der Waals surface area contributed by atoms with E-state index in [9.17, 15) is 13.2 Å². The van der Waals surface area contributed by atoms with E-state index in [-0.39, 0.29) is 28.2 Å². The van der Waals surface area contributed by atoms with Crippen molar-refractivity contribution in [1.29, 1.82) is 0 Å². The summed E-state index contributed by atoms with van der Waals surface area (Å²) in [4.78, 5) is 26.8. The molecule has 1 aromatic heterocycles. The number of sulfonamides is 1. The number of hydrogen-bond acceptors (Lipinski definition) is 9. The third-order valence-corrected chi connectivity index (χ3v) is 7.91. The Bertz CT molecular complexity index is 1580. The van der Waals surface area contributed by atoms with Crippen molar-refractivity contribution in [3.05, 3.63) is 64.6 Å². The Labute approximate surface area is 258 Å². The molecular formula is C30H39ClN6O5S. The first kappa shape index (κ1) is 32.5. The Morgan fingerprint density at radius 3 is 2.49 bits per heavy atom. The first-order chi connectivity index (χ1) is 20.2. The number of nitrogens with one attached hydrogen (secondary N) is 2. The number of benzene rings is 2. The highest BCUT2D eigenvalue weighted by atomic mass is 35.5. The lowest BCUT2D eigenvalue weighted by Gasteiger charge is -2.24. The maximum atomic E-state index is 13.4. The average molecular weight is 631 g/mol. The van der Waals surface area contributed by atoms with E-state index in [1.54, 1.807) is 30.3 Å². The summed E-state index contributed by atoms with van der Waals surface area (Å²) in [5, 5.41) is 3.16. The molecule has 2 heterocycles. The van der Waals surface area contributed by atoms with E-state index in [2.05, 4.69) is 36.9 Å². The minimum atomic E-state index is -3.61. The predicted octanol–water partition coefficient (Wildman–Crippen LogP) is 4.99. The number of methoxy groups -OCH3 is 1. The number of aromatic nitrogens is 2. The van der Waals surface area contributed by atoms with E-state index in [0.717, 1.165) is 50.1 Å². The molecule has 1 aliphatic heterocycles. The van der Waals surface area contributed by atoms with Crippen molar-refractivity contribution in [3.63, 3.8) is 0 Å². The van der Waals surface area contributed by atoms with Gasteiger partial charge < -0.3 is 19.7 Å². The van der Waals surface area contributed by atoms with Crippen LogP contribution in [0.2, 0.25) is 5.02 Å². The van der Waals surface area contributed by atoms with Gasteiger partial charge in [-0.3, -0.25) is 14.4 Å². The highest BCUT2D eigenvalue weighted by Crippen LogP contribution is 2.39. The summed E-state index contributed by atoms with van der Waals surface area (Å²) in [6.07, 6.45) is 3.60. The summed E-state index contributed by atoms with van der Waals surface area (Å²) >= 11 is 6.44. The van der Waals surface area contributed by atoms with Crippen LogP contribution in [0.3, 0.4) is 0 Å². The topological polar surface area (TPSA) is 126 Å². The van der Waals surface area contributed by atoms with Gasteiger partial charge >= 0.3 is 0 Å². The number of halogens is 1. The van der Waals surface area contributed by atoms with Crippen LogP contribution in [0.15, 0.2) is 42.7 Å². The van der Waals surface area contributed by atoms with Gasteiger partial charge in [0.05, 0.1) is 35.5 Å². The number of carbonyl (C=O) groups is 1. The van der Waals surface area contributed by atoms with Gasteiger partial charge in [0.1, 0.15) is 12.1 Å². The molecule has 13 heteroatoms. The zero-order valence-electron chi connectivity index (χ0n) is 25.4. The van der Waals surface area contributed by atoms with Crippen molar-refractivity contribution in [2.24, 2.45) is 0 Å². The lowest BCUT2D eigenvalue weighted by Crippen LogP contribution is -2.28. The van der Waals surface area contributed by atoms with Crippen LogP contribution >= 0.6 is 11.6 Å². The van der Waals surface area contributed by atoms with Gasteiger partial charge in [-0.2, -0.15) is 0 Å². The summed E-state index contributed by atoms with van der Waals surface area (Å²) in [7, 11) is -0.0763. The molecule has 0 spiro atoms. The minimum absolute atomic E-state index is 0.182. The van der Waals surface area contributed by atoms with Crippen molar-refractivity contribution in [3.8, 4) is 17.4 Å². The molecule has 4 rings (SSSR count). The van der Waals surface area contributed by atoms with Gasteiger partial charge in [-0.1, -0.05) is 32.4 Å². The first-order valence-electron chi connectivity index (χ1n) is 13.9. The Hall–Kier alpha value is -3.45. The van der Waals surface area contributed by atoms with Crippen LogP contribution in [-0.2, 0) is 22.0 Å². The standard InChI is InChI=1S/C30H39ClN6O5S/c1-30(2,3)21-15-24(28(41-5)25(16-21)35-43(6,39)40)34-29(38)20-8-9-23(31)26(14-20)42-27-17-22(32-19-33-27)18-37-11-7-10-36(4)12-13-37/h8-9,14-17,19,35H,7,10-13,18H2,1-6H3,(H,34,38). The number of hydrogen-bond donors (Lipinski definition) is 2. The van der Waals surface area contributed by atoms with Gasteiger partial charge in [-0.05, 0) is 67.9 Å². The molecule has 1 aliphatic rings. The molecule has 0 bridgehead atoms. The van der Waals surface area contributed by atoms with Crippen LogP contribution in [-0.4, -0.2) is 80.7 Å². The Morgan fingerprint density at radius 1 is 1.05 bits per heavy atom. The maximum Gasteiger partial charge on any atom is 0.255 e. The number of likely N-dealkylation sites (N-methyl/N-ethyl adjacent to an activating group) is 1. The molecule has 1 fully saturated rings. The largest absolute Gasteiger partial charge is 0.492 e. The van der Waals surface area contributed by atoms with E-state index in [1.807, 2.05) is 20.8 Å². The second kappa shape index (κ2) is 13.5. The molecule has 0 unspecified atom stereocenters. The zero-order chi connectivity index (χ0) is 31.4. The third kappa shape index (κ3) is 9.02. The molecule has 2 aromatic carbocycles. The van der Waals surface area contributed by atoms with E-state index in [1.165, 1.54) is 19.5 Å². The quantitative estimate of drug-likeness (QED) is 0.336. The molecule has 0 saturated carbocycles. The molecule has 0 radical (unpaired) electrons. The first-order valence-corrected chi connectivity index (χ1v) is 16.2. The lowest BCUT2D eigenvalue weighted by atomic mass is 9.86. The summed E-state index contributed by atoms with van der Waals surface area (Å²) in [5.74, 6) is 0.283. The summed E-state index contributed by atoms with van der Waals surface area (Å²) in [6, 6.07) is 9.91. The highest BCUT2D eigenvalue weighted by molar-refractivity contribution is 7.92. The number of ether oxygens (including phenoxy) is 2. The second-order valence-electron chi connectivity index (χ2n) is 11.7. The second-order valence-corrected chi connectivity index (χ2v) is 13.9. The van der Waals surface area contributed by atoms with Crippen molar-refractivity contribution in [1.82, 2.24) is 19.8 Å². The molecule has 43 heavy (non-hydrogen) atoms. The summed E-state index contributed by atoms with van der Waals surface area (Å²) in [6.45, 7) is 10.6. The Kier molecular flexibility index (Phi) is 10.2. The molecule has 3 aromatic rings. The molecule has 1 amide bonds. The normalized spacial score (nSPS) is 15.0. The van der Waals surface area contributed by atoms with Crippen LogP contribution in [0.5, 0.6) is 17.4 Å². The minimum Gasteiger partial charge on any atom is -0.492 e. The maximum absolute atomic E-state index is 13.4. The van der Waals surface area contributed by atoms with Crippen molar-refractivity contribution < 1.29 is 22.7 Å². The van der Waals surface area contributed by atoms with Gasteiger partial charge in [-0.25, -0.2) is 18.4 Å². The molecule has 0 aliphatic carbocycles. The van der Waals surface area contributed by atoms with Gasteiger partial charge in [0.15, 0.2) is 5.75 Å². The highest BCUT2D eigenvalue weighted by Gasteiger charge is 2.23. The molecule has 232 valence electrons. The fourth-order valence-corrected chi connectivity index (χ4v) is 5.39. The predicted molar refractivity (Wildman–Crippen MR) is 169 cm³/mol. The van der Waals surface area contributed by atoms with Crippen molar-refractivity contribution >= 4 is 38.9 Å². The molecule has 11 nitrogen and oxygen atoms in total. The van der Waals surface area contributed by atoms with Crippen molar-refractivity contribution in [2.75, 3.05) is 56.6 Å². The third-order valence-electron chi connectivity index (χ3n) is 7.01. The average Bonchev–Trinajstić information content (AvgIpc) is 3.12. The Balaban J connectivity index is 1.56. The van der Waals surface area contributed by atoms with Crippen LogP contribution in [0.25, 0.3) is 0 Å². The Morgan fingerprint density at radius 2 is 1.79 bits per heavy atom. The van der Waals surface area contributed by atoms with Gasteiger partial charge in [-0.15, -0.1) is 0 Å². The fraction of sp³-hybridized carbons (Fsp3) is 0.433. The van der Waals surface area contributed by atoms with Gasteiger partial charge in [0.25, 0.3) is 5.91 Å². The molecular weight excluding hydrogens is 592 g/mol. The monoisotopic (exact) mass is 630 g/mol. The van der Waals surface area contributed by atoms with Crippen LogP contribution in [0.1, 0.15) is 48.8 Å². The van der Waals surface area contributed by atoms with E-state index < -0.39 is 15.9 Å². The molecule has 1 saturated heterocycles. The molecule has 0 atom stereocenters. The van der Waals surface area contributed by atoms with E-state index in [4.69, 9.17) is 21.1 Å². The zero-order valence-corrected chi connectivity index (χ0v) is 27.0. The number of amides is 1. The fourth-order valence-electron chi connectivity index (χ4n) is 4.69. The van der Waals surface area contributed by atoms with Crippen LogP contribution in [0.4, 0.5) is 11.4 Å². The lowest BCUT2D eigenvalue weighted by molar-refractivity contribution is 0.102. The number of carbonyl (C=O) groups excluding carboxylic acids is 1. The smallest absolute Gasteiger partial charge is 0.255 e. The molecule has 2 N–H and O–H groups in total. The number of nitrogens with zero attached hydrogens (tertiary/aromatic N) is 4. The summed E-state index contributed by atoms with van der Waals surface area (Å²) < 4.78 is 38.1. The van der Waals surface area contributed by atoms with E-state index in [0.29, 0.717) is 23.1 Å². The number of anilines is 2. The van der Waals surface area contributed by atoms with Crippen molar-refractivity contribution in [2.45, 2.75) is 39.2 Å².